The number of hydrogen-bond donors (Lipinski definition) is 1. The van der Waals surface area contributed by atoms with Gasteiger partial charge in [0.05, 0.1) is 0 Å². The molecule has 1 atom stereocenters. The van der Waals surface area contributed by atoms with E-state index >= 15 is 0 Å². The fraction of sp³-hybridized carbons (Fsp3) is 0.933. The zero-order valence-electron chi connectivity index (χ0n) is 12.4. The van der Waals surface area contributed by atoms with Crippen LogP contribution in [0.3, 0.4) is 0 Å². The maximum absolute atomic E-state index is 11.8. The lowest BCUT2D eigenvalue weighted by Gasteiger charge is -2.20. The van der Waals surface area contributed by atoms with Gasteiger partial charge >= 0.3 is 0 Å². The van der Waals surface area contributed by atoms with Crippen molar-refractivity contribution in [3.63, 3.8) is 0 Å². The Balaban J connectivity index is 3.75. The zero-order chi connectivity index (χ0) is 13.3. The molecule has 0 amide bonds. The fourth-order valence-electron chi connectivity index (χ4n) is 1.94. The Morgan fingerprint density at radius 3 is 2.35 bits per heavy atom. The molecular formula is C15H31NO. The van der Waals surface area contributed by atoms with Crippen molar-refractivity contribution in [2.24, 2.45) is 5.92 Å². The summed E-state index contributed by atoms with van der Waals surface area (Å²) in [6.07, 6.45) is 6.30. The van der Waals surface area contributed by atoms with Gasteiger partial charge in [0.25, 0.3) is 0 Å². The molecule has 2 heteroatoms. The molecule has 0 rings (SSSR count). The third-order valence-corrected chi connectivity index (χ3v) is 3.12. The molecule has 0 aliphatic heterocycles. The van der Waals surface area contributed by atoms with E-state index < -0.39 is 0 Å². The number of ketones is 1. The SMILES string of the molecule is CCCCC(CC)CC(=O)CCNC(C)(C)C. The molecule has 1 unspecified atom stereocenters. The van der Waals surface area contributed by atoms with Crippen molar-refractivity contribution in [1.82, 2.24) is 5.32 Å². The van der Waals surface area contributed by atoms with Crippen LogP contribution < -0.4 is 5.32 Å². The molecule has 0 spiro atoms. The van der Waals surface area contributed by atoms with Crippen molar-refractivity contribution in [3.8, 4) is 0 Å². The van der Waals surface area contributed by atoms with Gasteiger partial charge in [0, 0.05) is 24.9 Å². The molecule has 0 fully saturated rings. The van der Waals surface area contributed by atoms with Crippen LogP contribution in [0, 0.1) is 5.92 Å². The molecule has 0 radical (unpaired) electrons. The van der Waals surface area contributed by atoms with Gasteiger partial charge in [0.1, 0.15) is 5.78 Å². The second kappa shape index (κ2) is 8.68. The molecule has 0 saturated heterocycles. The third kappa shape index (κ3) is 10.5. The standard InChI is InChI=1S/C15H31NO/c1-6-8-9-13(7-2)12-14(17)10-11-16-15(3,4)5/h13,16H,6-12H2,1-5H3. The van der Waals surface area contributed by atoms with Gasteiger partial charge in [-0.25, -0.2) is 0 Å². The van der Waals surface area contributed by atoms with E-state index in [-0.39, 0.29) is 5.54 Å². The van der Waals surface area contributed by atoms with Crippen LogP contribution in [-0.4, -0.2) is 17.9 Å². The first-order chi connectivity index (χ1) is 7.89. The highest BCUT2D eigenvalue weighted by atomic mass is 16.1. The van der Waals surface area contributed by atoms with Gasteiger partial charge in [0.2, 0.25) is 0 Å². The average Bonchev–Trinajstić information content (AvgIpc) is 2.22. The van der Waals surface area contributed by atoms with E-state index in [1.807, 2.05) is 0 Å². The molecule has 0 aromatic carbocycles. The number of nitrogens with one attached hydrogen (secondary N) is 1. The molecule has 0 aliphatic rings. The molecule has 1 N–H and O–H groups in total. The predicted octanol–water partition coefficient (Wildman–Crippen LogP) is 3.94. The van der Waals surface area contributed by atoms with Crippen LogP contribution in [0.1, 0.15) is 73.1 Å². The highest BCUT2D eigenvalue weighted by Crippen LogP contribution is 2.17. The van der Waals surface area contributed by atoms with Crippen LogP contribution in [0.2, 0.25) is 0 Å². The smallest absolute Gasteiger partial charge is 0.134 e. The summed E-state index contributed by atoms with van der Waals surface area (Å²) in [5, 5.41) is 3.37. The van der Waals surface area contributed by atoms with E-state index in [1.54, 1.807) is 0 Å². The Bertz CT molecular complexity index is 205. The summed E-state index contributed by atoms with van der Waals surface area (Å²) in [7, 11) is 0. The van der Waals surface area contributed by atoms with Crippen molar-refractivity contribution in [3.05, 3.63) is 0 Å². The van der Waals surface area contributed by atoms with Crippen LogP contribution in [-0.2, 0) is 4.79 Å². The van der Waals surface area contributed by atoms with Crippen LogP contribution in [0.5, 0.6) is 0 Å². The van der Waals surface area contributed by atoms with Crippen molar-refractivity contribution in [1.29, 1.82) is 0 Å². The summed E-state index contributed by atoms with van der Waals surface area (Å²) in [5.41, 5.74) is 0.118. The number of carbonyl (C=O) groups is 1. The van der Waals surface area contributed by atoms with Crippen LogP contribution in [0.25, 0.3) is 0 Å². The van der Waals surface area contributed by atoms with Crippen LogP contribution in [0.4, 0.5) is 0 Å². The van der Waals surface area contributed by atoms with E-state index in [9.17, 15) is 4.79 Å². The Morgan fingerprint density at radius 2 is 1.88 bits per heavy atom. The molecular weight excluding hydrogens is 210 g/mol. The molecule has 0 aliphatic carbocycles. The lowest BCUT2D eigenvalue weighted by atomic mass is 9.93. The first-order valence-electron chi connectivity index (χ1n) is 7.15. The largest absolute Gasteiger partial charge is 0.312 e. The van der Waals surface area contributed by atoms with Crippen LogP contribution in [0.15, 0.2) is 0 Å². The van der Waals surface area contributed by atoms with E-state index in [4.69, 9.17) is 0 Å². The minimum absolute atomic E-state index is 0.118. The Hall–Kier alpha value is -0.370. The highest BCUT2D eigenvalue weighted by Gasteiger charge is 2.13. The van der Waals surface area contributed by atoms with E-state index in [0.29, 0.717) is 18.1 Å². The molecule has 0 aromatic heterocycles. The maximum Gasteiger partial charge on any atom is 0.134 e. The lowest BCUT2D eigenvalue weighted by Crippen LogP contribution is -2.37. The molecule has 102 valence electrons. The Labute approximate surface area is 108 Å². The van der Waals surface area contributed by atoms with Crippen molar-refractivity contribution in [2.75, 3.05) is 6.54 Å². The van der Waals surface area contributed by atoms with Gasteiger partial charge in [-0.15, -0.1) is 0 Å². The van der Waals surface area contributed by atoms with Crippen molar-refractivity contribution < 1.29 is 4.79 Å². The molecule has 0 aromatic rings. The first-order valence-corrected chi connectivity index (χ1v) is 7.15. The van der Waals surface area contributed by atoms with E-state index in [2.05, 4.69) is 39.9 Å². The predicted molar refractivity (Wildman–Crippen MR) is 75.3 cm³/mol. The lowest BCUT2D eigenvalue weighted by molar-refractivity contribution is -0.120. The van der Waals surface area contributed by atoms with E-state index in [1.165, 1.54) is 19.3 Å². The number of rotatable bonds is 9. The summed E-state index contributed by atoms with van der Waals surface area (Å²) in [6.45, 7) is 11.6. The van der Waals surface area contributed by atoms with Gasteiger partial charge in [-0.2, -0.15) is 0 Å². The van der Waals surface area contributed by atoms with E-state index in [0.717, 1.165) is 19.4 Å². The van der Waals surface area contributed by atoms with Gasteiger partial charge in [0.15, 0.2) is 0 Å². The molecule has 17 heavy (non-hydrogen) atoms. The zero-order valence-corrected chi connectivity index (χ0v) is 12.4. The molecule has 0 bridgehead atoms. The normalized spacial score (nSPS) is 13.7. The number of Topliss-reactive ketones (excluding diaryl/α,β-unsaturated/α-hetero) is 1. The maximum atomic E-state index is 11.8. The first kappa shape index (κ1) is 16.6. The average molecular weight is 241 g/mol. The fourth-order valence-corrected chi connectivity index (χ4v) is 1.94. The second-order valence-electron chi connectivity index (χ2n) is 6.09. The third-order valence-electron chi connectivity index (χ3n) is 3.12. The Morgan fingerprint density at radius 1 is 1.24 bits per heavy atom. The number of hydrogen-bond acceptors (Lipinski definition) is 2. The van der Waals surface area contributed by atoms with Crippen molar-refractivity contribution >= 4 is 5.78 Å². The van der Waals surface area contributed by atoms with Gasteiger partial charge in [-0.05, 0) is 26.7 Å². The van der Waals surface area contributed by atoms with Crippen LogP contribution >= 0.6 is 0 Å². The monoisotopic (exact) mass is 241 g/mol. The quantitative estimate of drug-likeness (QED) is 0.662. The molecule has 0 heterocycles. The highest BCUT2D eigenvalue weighted by molar-refractivity contribution is 5.78. The minimum atomic E-state index is 0.118. The Kier molecular flexibility index (Phi) is 8.49. The minimum Gasteiger partial charge on any atom is -0.312 e. The van der Waals surface area contributed by atoms with Crippen molar-refractivity contribution in [2.45, 2.75) is 78.7 Å². The summed E-state index contributed by atoms with van der Waals surface area (Å²) in [4.78, 5) is 11.8. The molecule has 0 saturated carbocycles. The number of carbonyl (C=O) groups excluding carboxylic acids is 1. The topological polar surface area (TPSA) is 29.1 Å². The van der Waals surface area contributed by atoms with Gasteiger partial charge in [-0.1, -0.05) is 39.5 Å². The van der Waals surface area contributed by atoms with Gasteiger partial charge < -0.3 is 5.32 Å². The second-order valence-corrected chi connectivity index (χ2v) is 6.09. The molecule has 2 nitrogen and oxygen atoms in total. The summed E-state index contributed by atoms with van der Waals surface area (Å²) in [5.74, 6) is 1.03. The summed E-state index contributed by atoms with van der Waals surface area (Å²) in [6, 6.07) is 0. The van der Waals surface area contributed by atoms with Gasteiger partial charge in [-0.3, -0.25) is 4.79 Å². The number of unbranched alkanes of at least 4 members (excludes halogenated alkanes) is 1. The summed E-state index contributed by atoms with van der Waals surface area (Å²) < 4.78 is 0. The summed E-state index contributed by atoms with van der Waals surface area (Å²) >= 11 is 0.